The predicted octanol–water partition coefficient (Wildman–Crippen LogP) is 4.55. The lowest BCUT2D eigenvalue weighted by atomic mass is 10.1. The lowest BCUT2D eigenvalue weighted by Crippen LogP contribution is -2.13. The molecule has 140 valence electrons. The lowest BCUT2D eigenvalue weighted by Gasteiger charge is -2.12. The average Bonchev–Trinajstić information content (AvgIpc) is 2.69. The molecule has 1 N–H and O–H groups in total. The van der Waals surface area contributed by atoms with E-state index in [1.807, 2.05) is 6.07 Å². The third-order valence-electron chi connectivity index (χ3n) is 3.69. The summed E-state index contributed by atoms with van der Waals surface area (Å²) in [5, 5.41) is 24.6. The molecule has 0 saturated carbocycles. The highest BCUT2D eigenvalue weighted by Crippen LogP contribution is 2.30. The first-order valence-electron chi connectivity index (χ1n) is 8.01. The van der Waals surface area contributed by atoms with Gasteiger partial charge in [0.15, 0.2) is 5.75 Å². The number of anilines is 1. The summed E-state index contributed by atoms with van der Waals surface area (Å²) in [5.41, 5.74) is -0.998. The molecule has 0 aromatic heterocycles. The van der Waals surface area contributed by atoms with Gasteiger partial charge in [0.25, 0.3) is 17.3 Å². The number of nitro benzene ring substituents is 2. The van der Waals surface area contributed by atoms with Gasteiger partial charge in [0.2, 0.25) is 0 Å². The summed E-state index contributed by atoms with van der Waals surface area (Å²) < 4.78 is 5.74. The molecule has 9 nitrogen and oxygen atoms in total. The van der Waals surface area contributed by atoms with Crippen LogP contribution in [0.4, 0.5) is 17.1 Å². The Morgan fingerprint density at radius 2 is 1.39 bits per heavy atom. The molecule has 0 saturated heterocycles. The van der Waals surface area contributed by atoms with Crippen molar-refractivity contribution in [3.05, 3.63) is 98.6 Å². The molecule has 0 aliphatic carbocycles. The van der Waals surface area contributed by atoms with E-state index in [-0.39, 0.29) is 5.56 Å². The first-order valence-corrected chi connectivity index (χ1v) is 8.01. The van der Waals surface area contributed by atoms with Crippen LogP contribution in [0.15, 0.2) is 72.8 Å². The van der Waals surface area contributed by atoms with Crippen molar-refractivity contribution in [2.24, 2.45) is 0 Å². The van der Waals surface area contributed by atoms with Gasteiger partial charge in [-0.1, -0.05) is 30.3 Å². The molecule has 0 bridgehead atoms. The number of nitrogens with one attached hydrogen (secondary N) is 1. The number of hydrogen-bond donors (Lipinski definition) is 1. The summed E-state index contributed by atoms with van der Waals surface area (Å²) in [4.78, 5) is 33.0. The minimum absolute atomic E-state index is 0.213. The second-order valence-corrected chi connectivity index (χ2v) is 5.62. The minimum Gasteiger partial charge on any atom is -0.455 e. The van der Waals surface area contributed by atoms with E-state index in [0.29, 0.717) is 17.2 Å². The second-order valence-electron chi connectivity index (χ2n) is 5.62. The first kappa shape index (κ1) is 18.5. The Kier molecular flexibility index (Phi) is 5.26. The van der Waals surface area contributed by atoms with Gasteiger partial charge in [-0.3, -0.25) is 25.0 Å². The smallest absolute Gasteiger partial charge is 0.277 e. The fourth-order valence-corrected chi connectivity index (χ4v) is 2.41. The van der Waals surface area contributed by atoms with Crippen molar-refractivity contribution in [3.8, 4) is 11.5 Å². The molecule has 0 unspecified atom stereocenters. The molecule has 0 spiro atoms. The summed E-state index contributed by atoms with van der Waals surface area (Å²) in [6.07, 6.45) is 0. The van der Waals surface area contributed by atoms with Gasteiger partial charge in [0.05, 0.1) is 27.2 Å². The van der Waals surface area contributed by atoms with Gasteiger partial charge in [0, 0.05) is 12.1 Å². The fraction of sp³-hybridized carbons (Fsp3) is 0. The molecule has 0 radical (unpaired) electrons. The maximum Gasteiger partial charge on any atom is 0.277 e. The van der Waals surface area contributed by atoms with Crippen molar-refractivity contribution < 1.29 is 19.4 Å². The van der Waals surface area contributed by atoms with Crippen molar-refractivity contribution in [3.63, 3.8) is 0 Å². The van der Waals surface area contributed by atoms with Crippen LogP contribution in [0.2, 0.25) is 0 Å². The lowest BCUT2D eigenvalue weighted by molar-refractivity contribution is -0.394. The maximum atomic E-state index is 12.6. The molecular formula is C19H13N3O6. The van der Waals surface area contributed by atoms with Crippen LogP contribution in [0.25, 0.3) is 0 Å². The normalized spacial score (nSPS) is 10.1. The van der Waals surface area contributed by atoms with Crippen molar-refractivity contribution in [1.29, 1.82) is 0 Å². The maximum absolute atomic E-state index is 12.6. The Hall–Kier alpha value is -4.27. The predicted molar refractivity (Wildman–Crippen MR) is 101 cm³/mol. The van der Waals surface area contributed by atoms with E-state index in [1.54, 1.807) is 48.5 Å². The number of carbonyl (C=O) groups excluding carboxylic acids is 1. The summed E-state index contributed by atoms with van der Waals surface area (Å²) in [6.45, 7) is 0. The zero-order valence-electron chi connectivity index (χ0n) is 14.3. The molecule has 9 heteroatoms. The number of benzene rings is 3. The number of non-ortho nitro benzene ring substituents is 2. The number of hydrogen-bond acceptors (Lipinski definition) is 6. The topological polar surface area (TPSA) is 125 Å². The largest absolute Gasteiger partial charge is 0.455 e. The van der Waals surface area contributed by atoms with Crippen LogP contribution < -0.4 is 10.1 Å². The van der Waals surface area contributed by atoms with Gasteiger partial charge in [0.1, 0.15) is 5.75 Å². The molecule has 0 fully saturated rings. The number of nitrogens with zero attached hydrogens (tertiary/aromatic N) is 2. The van der Waals surface area contributed by atoms with E-state index in [0.717, 1.165) is 18.2 Å². The molecular weight excluding hydrogens is 366 g/mol. The van der Waals surface area contributed by atoms with Crippen molar-refractivity contribution in [2.45, 2.75) is 0 Å². The van der Waals surface area contributed by atoms with Crippen LogP contribution >= 0.6 is 0 Å². The highest BCUT2D eigenvalue weighted by molar-refractivity contribution is 6.05. The number of carbonyl (C=O) groups is 1. The van der Waals surface area contributed by atoms with Crippen LogP contribution in [0, 0.1) is 20.2 Å². The van der Waals surface area contributed by atoms with Gasteiger partial charge in [-0.15, -0.1) is 0 Å². The van der Waals surface area contributed by atoms with Gasteiger partial charge < -0.3 is 10.1 Å². The van der Waals surface area contributed by atoms with Gasteiger partial charge in [-0.05, 0) is 24.3 Å². The van der Waals surface area contributed by atoms with Gasteiger partial charge >= 0.3 is 0 Å². The van der Waals surface area contributed by atoms with E-state index < -0.39 is 27.1 Å². The van der Waals surface area contributed by atoms with E-state index in [9.17, 15) is 25.0 Å². The van der Waals surface area contributed by atoms with Crippen molar-refractivity contribution in [1.82, 2.24) is 0 Å². The Morgan fingerprint density at radius 3 is 2.00 bits per heavy atom. The number of amides is 1. The highest BCUT2D eigenvalue weighted by atomic mass is 16.6. The average molecular weight is 379 g/mol. The quantitative estimate of drug-likeness (QED) is 0.495. The Labute approximate surface area is 158 Å². The van der Waals surface area contributed by atoms with E-state index in [1.165, 1.54) is 0 Å². The number of nitro groups is 2. The summed E-state index contributed by atoms with van der Waals surface area (Å²) in [7, 11) is 0. The molecule has 28 heavy (non-hydrogen) atoms. The minimum atomic E-state index is -0.795. The van der Waals surface area contributed by atoms with Crippen LogP contribution in [-0.2, 0) is 0 Å². The molecule has 3 aromatic rings. The second kappa shape index (κ2) is 7.96. The number of para-hydroxylation sites is 3. The zero-order valence-corrected chi connectivity index (χ0v) is 14.3. The third kappa shape index (κ3) is 4.28. The van der Waals surface area contributed by atoms with Crippen molar-refractivity contribution in [2.75, 3.05) is 5.32 Å². The summed E-state index contributed by atoms with van der Waals surface area (Å²) >= 11 is 0. The molecule has 0 aliphatic rings. The van der Waals surface area contributed by atoms with Crippen LogP contribution in [0.1, 0.15) is 10.4 Å². The van der Waals surface area contributed by atoms with Crippen LogP contribution in [0.3, 0.4) is 0 Å². The molecule has 0 heterocycles. The molecule has 1 amide bonds. The zero-order chi connectivity index (χ0) is 20.1. The van der Waals surface area contributed by atoms with Gasteiger partial charge in [-0.2, -0.15) is 0 Å². The number of rotatable bonds is 6. The number of ether oxygens (including phenoxy) is 1. The fourth-order valence-electron chi connectivity index (χ4n) is 2.41. The van der Waals surface area contributed by atoms with Crippen LogP contribution in [-0.4, -0.2) is 15.8 Å². The van der Waals surface area contributed by atoms with E-state index >= 15 is 0 Å². The molecule has 3 aromatic carbocycles. The van der Waals surface area contributed by atoms with Gasteiger partial charge in [-0.25, -0.2) is 0 Å². The van der Waals surface area contributed by atoms with Crippen molar-refractivity contribution >= 4 is 23.0 Å². The Bertz CT molecular complexity index is 1020. The molecule has 0 aliphatic heterocycles. The standard InChI is InChI=1S/C19H13N3O6/c23-19(13-10-14(21(24)25)12-15(11-13)22(26)27)20-17-8-4-5-9-18(17)28-16-6-2-1-3-7-16/h1-12H,(H,20,23). The molecule has 3 rings (SSSR count). The Balaban J connectivity index is 1.90. The summed E-state index contributed by atoms with van der Waals surface area (Å²) in [6, 6.07) is 18.2. The SMILES string of the molecule is O=C(Nc1ccccc1Oc1ccccc1)c1cc([N+](=O)[O-])cc([N+](=O)[O-])c1. The molecule has 0 atom stereocenters. The Morgan fingerprint density at radius 1 is 0.821 bits per heavy atom. The first-order chi connectivity index (χ1) is 13.4. The monoisotopic (exact) mass is 379 g/mol. The van der Waals surface area contributed by atoms with E-state index in [2.05, 4.69) is 5.32 Å². The third-order valence-corrected chi connectivity index (χ3v) is 3.69. The van der Waals surface area contributed by atoms with E-state index in [4.69, 9.17) is 4.74 Å². The highest BCUT2D eigenvalue weighted by Gasteiger charge is 2.20. The summed E-state index contributed by atoms with van der Waals surface area (Å²) in [5.74, 6) is 0.160. The van der Waals surface area contributed by atoms with Crippen LogP contribution in [0.5, 0.6) is 11.5 Å².